The average Bonchev–Trinajstić information content (AvgIpc) is 3.69. The lowest BCUT2D eigenvalue weighted by Crippen LogP contribution is -2.43. The number of fused-ring (bicyclic) bond motifs is 5. The monoisotopic (exact) mass is 640 g/mol. The predicted molar refractivity (Wildman–Crippen MR) is 158 cm³/mol. The number of aromatic carboxylic acids is 1. The Morgan fingerprint density at radius 1 is 1.17 bits per heavy atom. The number of carboxylic acid groups (broad SMARTS) is 1. The van der Waals surface area contributed by atoms with Crippen molar-refractivity contribution in [1.82, 2.24) is 4.57 Å². The molecule has 242 valence electrons. The second-order valence-corrected chi connectivity index (χ2v) is 12.3. The number of ether oxygens (including phenoxy) is 3. The largest absolute Gasteiger partial charge is 0.487 e. The van der Waals surface area contributed by atoms with Gasteiger partial charge in [-0.15, -0.1) is 0 Å². The number of nitrogens with zero attached hydrogens (tertiary/aromatic N) is 3. The maximum absolute atomic E-state index is 15.7. The van der Waals surface area contributed by atoms with Gasteiger partial charge in [0.2, 0.25) is 5.43 Å². The van der Waals surface area contributed by atoms with E-state index in [0.717, 1.165) is 29.9 Å². The summed E-state index contributed by atoms with van der Waals surface area (Å²) < 4.78 is 49.4. The zero-order valence-electron chi connectivity index (χ0n) is 24.6. The molecule has 4 heterocycles. The van der Waals surface area contributed by atoms with E-state index in [0.29, 0.717) is 5.52 Å². The standard InChI is InChI=1S/C31H30F2N4O9/c1-14(38)24(34)23-10-36(30(42)46-23)16-4-5-22(20(32)6-16)45-13-31(43)8-17-11-44-28-25-18(7-21(33)26(28)37(17)12-31)27(39)19(29(40)41)9-35(25)15-2-3-15/h4-7,9,15,17,23-24,43H,2-3,8,10-13,34H2,1H3,(H,40,41)/t17-,23-,24?,31-/m0/s1. The summed E-state index contributed by atoms with van der Waals surface area (Å²) in [6.07, 6.45) is 1.26. The van der Waals surface area contributed by atoms with Gasteiger partial charge in [0.1, 0.15) is 48.0 Å². The molecule has 1 amide bonds. The van der Waals surface area contributed by atoms with Gasteiger partial charge in [0.05, 0.1) is 35.7 Å². The van der Waals surface area contributed by atoms with Crippen LogP contribution in [0.3, 0.4) is 0 Å². The van der Waals surface area contributed by atoms with Crippen LogP contribution in [-0.4, -0.2) is 82.7 Å². The van der Waals surface area contributed by atoms with Crippen LogP contribution in [0.2, 0.25) is 0 Å². The number of carboxylic acids is 1. The normalized spacial score (nSPS) is 24.3. The summed E-state index contributed by atoms with van der Waals surface area (Å²) in [6.45, 7) is 0.859. The fourth-order valence-electron chi connectivity index (χ4n) is 6.53. The van der Waals surface area contributed by atoms with E-state index in [-0.39, 0.29) is 72.8 Å². The molecule has 1 aliphatic carbocycles. The summed E-state index contributed by atoms with van der Waals surface area (Å²) in [7, 11) is 0. The van der Waals surface area contributed by atoms with Crippen molar-refractivity contribution in [2.75, 3.05) is 36.1 Å². The molecular weight excluding hydrogens is 610 g/mol. The first-order valence-corrected chi connectivity index (χ1v) is 14.8. The smallest absolute Gasteiger partial charge is 0.414 e. The van der Waals surface area contributed by atoms with Gasteiger partial charge in [-0.3, -0.25) is 14.5 Å². The molecule has 0 radical (unpaired) electrons. The van der Waals surface area contributed by atoms with Crippen LogP contribution in [0.25, 0.3) is 10.9 Å². The molecule has 4 N–H and O–H groups in total. The van der Waals surface area contributed by atoms with Crippen molar-refractivity contribution >= 4 is 40.1 Å². The van der Waals surface area contributed by atoms with Gasteiger partial charge in [0, 0.05) is 24.7 Å². The van der Waals surface area contributed by atoms with Crippen molar-refractivity contribution < 1.29 is 47.6 Å². The average molecular weight is 641 g/mol. The number of carbonyl (C=O) groups is 3. The molecule has 2 aromatic carbocycles. The Kier molecular flexibility index (Phi) is 6.93. The van der Waals surface area contributed by atoms with Crippen LogP contribution >= 0.6 is 0 Å². The van der Waals surface area contributed by atoms with E-state index in [2.05, 4.69) is 0 Å². The maximum atomic E-state index is 15.7. The van der Waals surface area contributed by atoms with Gasteiger partial charge < -0.3 is 39.6 Å². The minimum absolute atomic E-state index is 0.0386. The number of amides is 1. The minimum atomic E-state index is -1.54. The summed E-state index contributed by atoms with van der Waals surface area (Å²) in [4.78, 5) is 51.5. The molecule has 46 heavy (non-hydrogen) atoms. The van der Waals surface area contributed by atoms with E-state index in [1.807, 2.05) is 0 Å². The van der Waals surface area contributed by atoms with Crippen molar-refractivity contribution in [2.45, 2.75) is 56.0 Å². The molecule has 2 saturated heterocycles. The van der Waals surface area contributed by atoms with Crippen LogP contribution in [0.15, 0.2) is 35.3 Å². The minimum Gasteiger partial charge on any atom is -0.487 e. The number of pyridine rings is 1. The number of benzene rings is 2. The molecule has 1 unspecified atom stereocenters. The van der Waals surface area contributed by atoms with E-state index >= 15 is 8.78 Å². The Labute approximate surface area is 259 Å². The zero-order chi connectivity index (χ0) is 32.7. The highest BCUT2D eigenvalue weighted by Gasteiger charge is 2.48. The molecular formula is C31H30F2N4O9. The van der Waals surface area contributed by atoms with Crippen LogP contribution in [-0.2, 0) is 9.53 Å². The quantitative estimate of drug-likeness (QED) is 0.330. The van der Waals surface area contributed by atoms with Crippen LogP contribution < -0.4 is 30.4 Å². The number of hydrogen-bond donors (Lipinski definition) is 3. The molecule has 0 bridgehead atoms. The predicted octanol–water partition coefficient (Wildman–Crippen LogP) is 2.34. The van der Waals surface area contributed by atoms with Gasteiger partial charge in [0.25, 0.3) is 0 Å². The molecule has 13 nitrogen and oxygen atoms in total. The van der Waals surface area contributed by atoms with Gasteiger partial charge >= 0.3 is 12.1 Å². The summed E-state index contributed by atoms with van der Waals surface area (Å²) in [5.74, 6) is -3.46. The Morgan fingerprint density at radius 3 is 2.61 bits per heavy atom. The number of ketones is 1. The number of hydrogen-bond acceptors (Lipinski definition) is 10. The van der Waals surface area contributed by atoms with Crippen molar-refractivity contribution in [2.24, 2.45) is 5.73 Å². The van der Waals surface area contributed by atoms with Gasteiger partial charge in [0.15, 0.2) is 23.1 Å². The Bertz CT molecular complexity index is 1880. The highest BCUT2D eigenvalue weighted by Crippen LogP contribution is 2.48. The lowest BCUT2D eigenvalue weighted by atomic mass is 10.0. The second kappa shape index (κ2) is 10.7. The van der Waals surface area contributed by atoms with Crippen LogP contribution in [0, 0.1) is 11.6 Å². The fraction of sp³-hybridized carbons (Fsp3) is 0.419. The summed E-state index contributed by atoms with van der Waals surface area (Å²) in [5, 5.41) is 21.0. The number of cyclic esters (lactones) is 1. The van der Waals surface area contributed by atoms with E-state index in [9.17, 15) is 29.4 Å². The zero-order valence-corrected chi connectivity index (χ0v) is 24.6. The maximum Gasteiger partial charge on any atom is 0.414 e. The van der Waals surface area contributed by atoms with Crippen molar-refractivity contribution in [3.8, 4) is 11.5 Å². The Morgan fingerprint density at radius 2 is 1.93 bits per heavy atom. The fourth-order valence-corrected chi connectivity index (χ4v) is 6.53. The SMILES string of the molecule is CC(=O)C(N)[C@@H]1CN(c2ccc(OC[C@]3(O)C[C@H]4COc5c(c(F)cc6c(=O)c(C(=O)O)cn(C7CC7)c56)N4C3)c(F)c2)C(=O)O1. The number of Topliss-reactive ketones (excluding diaryl/α,β-unsaturated/α-hetero) is 1. The first-order valence-electron chi connectivity index (χ1n) is 14.8. The molecule has 7 rings (SSSR count). The lowest BCUT2D eigenvalue weighted by Gasteiger charge is -2.34. The van der Waals surface area contributed by atoms with Gasteiger partial charge in [-0.2, -0.15) is 0 Å². The Hall–Kier alpha value is -4.76. The van der Waals surface area contributed by atoms with E-state index < -0.39 is 58.5 Å². The third kappa shape index (κ3) is 4.90. The number of anilines is 2. The summed E-state index contributed by atoms with van der Waals surface area (Å²) in [5.41, 5.74) is 3.51. The van der Waals surface area contributed by atoms with Gasteiger partial charge in [-0.25, -0.2) is 18.4 Å². The lowest BCUT2D eigenvalue weighted by molar-refractivity contribution is -0.120. The Balaban J connectivity index is 1.11. The molecule has 4 atom stereocenters. The molecule has 4 aliphatic rings. The summed E-state index contributed by atoms with van der Waals surface area (Å²) in [6, 6.07) is 3.29. The number of halogens is 2. The van der Waals surface area contributed by atoms with Crippen LogP contribution in [0.5, 0.6) is 11.5 Å². The second-order valence-electron chi connectivity index (χ2n) is 12.3. The van der Waals surface area contributed by atoms with Crippen LogP contribution in [0.1, 0.15) is 42.6 Å². The first-order chi connectivity index (χ1) is 21.8. The molecule has 3 aliphatic heterocycles. The number of aliphatic hydroxyl groups is 1. The van der Waals surface area contributed by atoms with Gasteiger partial charge in [-0.05, 0) is 38.0 Å². The molecule has 1 saturated carbocycles. The number of rotatable bonds is 8. The summed E-state index contributed by atoms with van der Waals surface area (Å²) >= 11 is 0. The van der Waals surface area contributed by atoms with Crippen molar-refractivity contribution in [1.29, 1.82) is 0 Å². The number of nitrogens with two attached hydrogens (primary N) is 1. The van der Waals surface area contributed by atoms with Crippen LogP contribution in [0.4, 0.5) is 25.0 Å². The van der Waals surface area contributed by atoms with Crippen molar-refractivity contribution in [3.05, 3.63) is 57.9 Å². The number of aromatic nitrogens is 1. The highest BCUT2D eigenvalue weighted by molar-refractivity contribution is 5.97. The van der Waals surface area contributed by atoms with E-state index in [1.165, 1.54) is 25.3 Å². The molecule has 3 aromatic rings. The van der Waals surface area contributed by atoms with Crippen molar-refractivity contribution in [3.63, 3.8) is 0 Å². The van der Waals surface area contributed by atoms with Gasteiger partial charge in [-0.1, -0.05) is 0 Å². The number of carbonyl (C=O) groups excluding carboxylic acids is 2. The molecule has 3 fully saturated rings. The van der Waals surface area contributed by atoms with E-state index in [1.54, 1.807) is 9.47 Å². The topological polar surface area (TPSA) is 174 Å². The molecule has 0 spiro atoms. The first kappa shape index (κ1) is 29.9. The van der Waals surface area contributed by atoms with E-state index in [4.69, 9.17) is 19.9 Å². The third-order valence-corrected chi connectivity index (χ3v) is 9.03. The molecule has 15 heteroatoms. The molecule has 1 aromatic heterocycles. The highest BCUT2D eigenvalue weighted by atomic mass is 19.1. The third-order valence-electron chi connectivity index (χ3n) is 9.03.